The van der Waals surface area contributed by atoms with Crippen molar-refractivity contribution >= 4 is 5.91 Å². The van der Waals surface area contributed by atoms with Crippen LogP contribution >= 0.6 is 0 Å². The van der Waals surface area contributed by atoms with Crippen molar-refractivity contribution in [1.82, 2.24) is 15.1 Å². The number of unbranched alkanes of at least 4 members (excludes halogenated alkanes) is 2. The van der Waals surface area contributed by atoms with Crippen molar-refractivity contribution in [2.45, 2.75) is 26.2 Å². The number of para-hydroxylation sites is 1. The van der Waals surface area contributed by atoms with Gasteiger partial charge < -0.3 is 5.32 Å². The molecule has 0 spiro atoms. The van der Waals surface area contributed by atoms with Crippen molar-refractivity contribution in [3.05, 3.63) is 72.2 Å². The summed E-state index contributed by atoms with van der Waals surface area (Å²) in [5.41, 5.74) is 2.67. The highest BCUT2D eigenvalue weighted by molar-refractivity contribution is 5.94. The molecule has 1 aromatic heterocycles. The minimum atomic E-state index is -0.301. The average Bonchev–Trinajstić information content (AvgIpc) is 3.12. The average molecular weight is 351 g/mol. The summed E-state index contributed by atoms with van der Waals surface area (Å²) in [5.74, 6) is -0.462. The van der Waals surface area contributed by atoms with Gasteiger partial charge in [-0.2, -0.15) is 5.10 Å². The van der Waals surface area contributed by atoms with Gasteiger partial charge in [0.1, 0.15) is 11.5 Å². The maximum Gasteiger partial charge on any atom is 0.270 e. The highest BCUT2D eigenvalue weighted by Gasteiger charge is 2.17. The van der Waals surface area contributed by atoms with Crippen LogP contribution in [0.4, 0.5) is 4.39 Å². The van der Waals surface area contributed by atoms with Gasteiger partial charge in [-0.15, -0.1) is 0 Å². The molecule has 1 N–H and O–H groups in total. The van der Waals surface area contributed by atoms with Gasteiger partial charge in [-0.3, -0.25) is 4.79 Å². The molecule has 0 aliphatic heterocycles. The standard InChI is InChI=1S/C21H22FN3O/c1-2-3-7-14-23-21(26)20-15-19(16-10-12-17(22)13-11-16)24-25(20)18-8-5-4-6-9-18/h4-6,8-13,15H,2-3,7,14H2,1H3,(H,23,26). The molecule has 0 atom stereocenters. The fraction of sp³-hybridized carbons (Fsp3) is 0.238. The molecule has 1 heterocycles. The summed E-state index contributed by atoms with van der Waals surface area (Å²) in [6.45, 7) is 2.76. The van der Waals surface area contributed by atoms with Gasteiger partial charge >= 0.3 is 0 Å². The summed E-state index contributed by atoms with van der Waals surface area (Å²) in [5, 5.41) is 7.54. The second-order valence-electron chi connectivity index (χ2n) is 6.13. The number of nitrogens with zero attached hydrogens (tertiary/aromatic N) is 2. The molecule has 5 heteroatoms. The summed E-state index contributed by atoms with van der Waals surface area (Å²) < 4.78 is 14.8. The zero-order valence-electron chi connectivity index (χ0n) is 14.8. The lowest BCUT2D eigenvalue weighted by Crippen LogP contribution is -2.26. The zero-order chi connectivity index (χ0) is 18.4. The van der Waals surface area contributed by atoms with Crippen LogP contribution < -0.4 is 5.32 Å². The van der Waals surface area contributed by atoms with E-state index in [-0.39, 0.29) is 11.7 Å². The summed E-state index contributed by atoms with van der Waals surface area (Å²) in [6.07, 6.45) is 3.14. The number of hydrogen-bond donors (Lipinski definition) is 1. The molecule has 0 bridgehead atoms. The largest absolute Gasteiger partial charge is 0.351 e. The van der Waals surface area contributed by atoms with Crippen LogP contribution in [0.5, 0.6) is 0 Å². The van der Waals surface area contributed by atoms with E-state index in [1.54, 1.807) is 22.9 Å². The molecule has 0 aliphatic rings. The number of halogens is 1. The maximum atomic E-state index is 13.2. The molecule has 0 radical (unpaired) electrons. The number of carbonyl (C=O) groups excluding carboxylic acids is 1. The SMILES string of the molecule is CCCCCNC(=O)c1cc(-c2ccc(F)cc2)nn1-c1ccccc1. The van der Waals surface area contributed by atoms with E-state index in [4.69, 9.17) is 0 Å². The van der Waals surface area contributed by atoms with Crippen molar-refractivity contribution in [3.8, 4) is 16.9 Å². The van der Waals surface area contributed by atoms with Gasteiger partial charge in [-0.05, 0) is 48.9 Å². The topological polar surface area (TPSA) is 46.9 Å². The molecular weight excluding hydrogens is 329 g/mol. The molecule has 3 aromatic rings. The molecule has 0 saturated heterocycles. The Balaban J connectivity index is 1.93. The Morgan fingerprint density at radius 2 is 1.81 bits per heavy atom. The first-order chi connectivity index (χ1) is 12.7. The van der Waals surface area contributed by atoms with Gasteiger partial charge in [0.25, 0.3) is 5.91 Å². The third-order valence-electron chi connectivity index (χ3n) is 4.15. The summed E-state index contributed by atoms with van der Waals surface area (Å²) >= 11 is 0. The van der Waals surface area contributed by atoms with Crippen molar-refractivity contribution in [2.75, 3.05) is 6.54 Å². The van der Waals surface area contributed by atoms with E-state index in [9.17, 15) is 9.18 Å². The quantitative estimate of drug-likeness (QED) is 0.633. The van der Waals surface area contributed by atoms with Gasteiger partial charge in [0.05, 0.1) is 11.4 Å². The van der Waals surface area contributed by atoms with Gasteiger partial charge in [0.15, 0.2) is 0 Å². The van der Waals surface area contributed by atoms with Crippen molar-refractivity contribution in [2.24, 2.45) is 0 Å². The summed E-state index contributed by atoms with van der Waals surface area (Å²) in [7, 11) is 0. The lowest BCUT2D eigenvalue weighted by molar-refractivity contribution is 0.0945. The van der Waals surface area contributed by atoms with Crippen LogP contribution in [0.2, 0.25) is 0 Å². The van der Waals surface area contributed by atoms with E-state index in [1.807, 2.05) is 30.3 Å². The van der Waals surface area contributed by atoms with E-state index < -0.39 is 0 Å². The minimum absolute atomic E-state index is 0.161. The Hall–Kier alpha value is -2.95. The van der Waals surface area contributed by atoms with E-state index in [0.29, 0.717) is 17.9 Å². The Bertz CT molecular complexity index is 857. The molecule has 26 heavy (non-hydrogen) atoms. The van der Waals surface area contributed by atoms with Crippen LogP contribution in [0.1, 0.15) is 36.7 Å². The second-order valence-corrected chi connectivity index (χ2v) is 6.13. The molecule has 3 rings (SSSR count). The van der Waals surface area contributed by atoms with Gasteiger partial charge in [0, 0.05) is 12.1 Å². The van der Waals surface area contributed by atoms with Crippen LogP contribution in [-0.4, -0.2) is 22.2 Å². The molecule has 0 saturated carbocycles. The Morgan fingerprint density at radius 1 is 1.08 bits per heavy atom. The monoisotopic (exact) mass is 351 g/mol. The van der Waals surface area contributed by atoms with Crippen LogP contribution in [-0.2, 0) is 0 Å². The molecule has 0 aliphatic carbocycles. The fourth-order valence-corrected chi connectivity index (χ4v) is 2.74. The maximum absolute atomic E-state index is 13.2. The molecular formula is C21H22FN3O. The molecule has 1 amide bonds. The van der Waals surface area contributed by atoms with E-state index >= 15 is 0 Å². The van der Waals surface area contributed by atoms with Crippen LogP contribution in [0.25, 0.3) is 16.9 Å². The first kappa shape index (κ1) is 17.9. The number of hydrogen-bond acceptors (Lipinski definition) is 2. The molecule has 134 valence electrons. The molecule has 4 nitrogen and oxygen atoms in total. The van der Waals surface area contributed by atoms with E-state index in [1.165, 1.54) is 12.1 Å². The number of aromatic nitrogens is 2. The third-order valence-corrected chi connectivity index (χ3v) is 4.15. The number of benzene rings is 2. The predicted octanol–water partition coefficient (Wildman–Crippen LogP) is 4.60. The Morgan fingerprint density at radius 3 is 2.50 bits per heavy atom. The van der Waals surface area contributed by atoms with Gasteiger partial charge in [0.2, 0.25) is 0 Å². The first-order valence-electron chi connectivity index (χ1n) is 8.88. The number of nitrogens with one attached hydrogen (secondary N) is 1. The van der Waals surface area contributed by atoms with Gasteiger partial charge in [-0.1, -0.05) is 38.0 Å². The van der Waals surface area contributed by atoms with Crippen molar-refractivity contribution in [3.63, 3.8) is 0 Å². The lowest BCUT2D eigenvalue weighted by Gasteiger charge is -2.08. The van der Waals surface area contributed by atoms with E-state index in [0.717, 1.165) is 30.5 Å². The smallest absolute Gasteiger partial charge is 0.270 e. The molecule has 2 aromatic carbocycles. The summed E-state index contributed by atoms with van der Waals surface area (Å²) in [6, 6.07) is 17.4. The fourth-order valence-electron chi connectivity index (χ4n) is 2.74. The minimum Gasteiger partial charge on any atom is -0.351 e. The first-order valence-corrected chi connectivity index (χ1v) is 8.88. The Labute approximate surface area is 152 Å². The van der Waals surface area contributed by atoms with E-state index in [2.05, 4.69) is 17.3 Å². The number of amides is 1. The highest BCUT2D eigenvalue weighted by Crippen LogP contribution is 2.22. The molecule has 0 fully saturated rings. The van der Waals surface area contributed by atoms with Crippen molar-refractivity contribution in [1.29, 1.82) is 0 Å². The predicted molar refractivity (Wildman–Crippen MR) is 101 cm³/mol. The molecule has 0 unspecified atom stereocenters. The third kappa shape index (κ3) is 4.17. The van der Waals surface area contributed by atoms with Crippen molar-refractivity contribution < 1.29 is 9.18 Å². The number of rotatable bonds is 7. The number of carbonyl (C=O) groups is 1. The van der Waals surface area contributed by atoms with Crippen LogP contribution in [0, 0.1) is 5.82 Å². The van der Waals surface area contributed by atoms with Crippen LogP contribution in [0.3, 0.4) is 0 Å². The highest BCUT2D eigenvalue weighted by atomic mass is 19.1. The zero-order valence-corrected chi connectivity index (χ0v) is 14.8. The van der Waals surface area contributed by atoms with Crippen LogP contribution in [0.15, 0.2) is 60.7 Å². The Kier molecular flexibility index (Phi) is 5.79. The lowest BCUT2D eigenvalue weighted by atomic mass is 10.1. The summed E-state index contributed by atoms with van der Waals surface area (Å²) in [4.78, 5) is 12.7. The second kappa shape index (κ2) is 8.43. The normalized spacial score (nSPS) is 10.7. The van der Waals surface area contributed by atoms with Gasteiger partial charge in [-0.25, -0.2) is 9.07 Å².